The largest absolute Gasteiger partial charge is 0.469 e. The van der Waals surface area contributed by atoms with E-state index >= 15 is 0 Å². The van der Waals surface area contributed by atoms with Gasteiger partial charge in [0.2, 0.25) is 0 Å². The van der Waals surface area contributed by atoms with Crippen LogP contribution in [0.2, 0.25) is 0 Å². The molecule has 2 nitrogen and oxygen atoms in total. The number of aryl methyl sites for hydroxylation is 1. The molecular formula is C13H15NOS. The summed E-state index contributed by atoms with van der Waals surface area (Å²) in [6, 6.07) is 4.76. The van der Waals surface area contributed by atoms with Gasteiger partial charge in [-0.05, 0) is 41.3 Å². The van der Waals surface area contributed by atoms with Gasteiger partial charge in [0.15, 0.2) is 0 Å². The van der Waals surface area contributed by atoms with Crippen molar-refractivity contribution in [2.75, 3.05) is 0 Å². The van der Waals surface area contributed by atoms with E-state index in [-0.39, 0.29) is 0 Å². The van der Waals surface area contributed by atoms with Gasteiger partial charge in [0.05, 0.1) is 6.26 Å². The Morgan fingerprint density at radius 1 is 1.44 bits per heavy atom. The molecule has 2 heterocycles. The highest BCUT2D eigenvalue weighted by molar-refractivity contribution is 7.07. The average molecular weight is 233 g/mol. The molecular weight excluding hydrogens is 218 g/mol. The molecule has 0 fully saturated rings. The highest BCUT2D eigenvalue weighted by atomic mass is 32.1. The van der Waals surface area contributed by atoms with Crippen LogP contribution in [0.15, 0.2) is 33.6 Å². The van der Waals surface area contributed by atoms with Crippen LogP contribution < -0.4 is 5.32 Å². The Hall–Kier alpha value is -1.06. The number of rotatable bonds is 3. The molecule has 0 amide bonds. The van der Waals surface area contributed by atoms with Crippen LogP contribution in [0.3, 0.4) is 0 Å². The van der Waals surface area contributed by atoms with E-state index in [4.69, 9.17) is 4.42 Å². The molecule has 0 aromatic carbocycles. The maximum absolute atomic E-state index is 5.49. The molecule has 0 bridgehead atoms. The van der Waals surface area contributed by atoms with E-state index in [0.717, 1.165) is 13.0 Å². The fourth-order valence-corrected chi connectivity index (χ4v) is 3.00. The van der Waals surface area contributed by atoms with Crippen LogP contribution in [-0.4, -0.2) is 0 Å². The quantitative estimate of drug-likeness (QED) is 0.877. The van der Waals surface area contributed by atoms with Gasteiger partial charge in [-0.3, -0.25) is 0 Å². The molecule has 2 aromatic heterocycles. The maximum Gasteiger partial charge on any atom is 0.108 e. The summed E-state index contributed by atoms with van der Waals surface area (Å²) in [5.74, 6) is 1.18. The summed E-state index contributed by atoms with van der Waals surface area (Å²) < 4.78 is 5.49. The summed E-state index contributed by atoms with van der Waals surface area (Å²) >= 11 is 1.75. The van der Waals surface area contributed by atoms with Crippen molar-refractivity contribution >= 4 is 11.3 Å². The Balaban J connectivity index is 1.69. The highest BCUT2D eigenvalue weighted by Crippen LogP contribution is 2.30. The molecule has 1 aliphatic carbocycles. The van der Waals surface area contributed by atoms with E-state index in [2.05, 4.69) is 28.2 Å². The molecule has 0 aliphatic heterocycles. The summed E-state index contributed by atoms with van der Waals surface area (Å²) in [4.78, 5) is 0. The Bertz CT molecular complexity index is 446. The van der Waals surface area contributed by atoms with E-state index < -0.39 is 0 Å². The third kappa shape index (κ3) is 1.93. The molecule has 0 spiro atoms. The van der Waals surface area contributed by atoms with Crippen molar-refractivity contribution in [3.8, 4) is 0 Å². The average Bonchev–Trinajstić information content (AvgIpc) is 2.97. The zero-order valence-corrected chi connectivity index (χ0v) is 9.93. The van der Waals surface area contributed by atoms with Crippen LogP contribution in [0.4, 0.5) is 0 Å². The van der Waals surface area contributed by atoms with Crippen LogP contribution >= 0.6 is 11.3 Å². The zero-order valence-electron chi connectivity index (χ0n) is 9.11. The Morgan fingerprint density at radius 2 is 2.44 bits per heavy atom. The normalized spacial score (nSPS) is 19.6. The smallest absolute Gasteiger partial charge is 0.108 e. The second-order valence-corrected chi connectivity index (χ2v) is 5.04. The van der Waals surface area contributed by atoms with E-state index in [9.17, 15) is 0 Å². The first-order chi connectivity index (χ1) is 7.93. The molecule has 0 saturated carbocycles. The molecule has 2 aromatic rings. The summed E-state index contributed by atoms with van der Waals surface area (Å²) in [6.07, 6.45) is 5.35. The van der Waals surface area contributed by atoms with Gasteiger partial charge >= 0.3 is 0 Å². The van der Waals surface area contributed by atoms with Crippen LogP contribution in [-0.2, 0) is 13.0 Å². The van der Waals surface area contributed by atoms with Crippen molar-refractivity contribution in [2.45, 2.75) is 31.8 Å². The second-order valence-electron chi connectivity index (χ2n) is 4.26. The SMILES string of the molecule is c1cc2c(o1)CCCC2NCc1ccsc1. The van der Waals surface area contributed by atoms with E-state index in [0.29, 0.717) is 6.04 Å². The second kappa shape index (κ2) is 4.44. The first-order valence-corrected chi connectivity index (χ1v) is 6.68. The van der Waals surface area contributed by atoms with Crippen molar-refractivity contribution in [2.24, 2.45) is 0 Å². The number of fused-ring (bicyclic) bond motifs is 1. The van der Waals surface area contributed by atoms with E-state index in [1.54, 1.807) is 11.3 Å². The number of nitrogens with one attached hydrogen (secondary N) is 1. The number of thiophene rings is 1. The lowest BCUT2D eigenvalue weighted by atomic mass is 9.93. The van der Waals surface area contributed by atoms with Gasteiger partial charge in [-0.2, -0.15) is 11.3 Å². The fraction of sp³-hybridized carbons (Fsp3) is 0.385. The first kappa shape index (κ1) is 10.1. The van der Waals surface area contributed by atoms with Crippen LogP contribution in [0.1, 0.15) is 35.8 Å². The zero-order chi connectivity index (χ0) is 10.8. The lowest BCUT2D eigenvalue weighted by Crippen LogP contribution is -2.23. The molecule has 3 rings (SSSR count). The molecule has 1 N–H and O–H groups in total. The van der Waals surface area contributed by atoms with Gasteiger partial charge in [0.1, 0.15) is 5.76 Å². The molecule has 1 atom stereocenters. The molecule has 16 heavy (non-hydrogen) atoms. The topological polar surface area (TPSA) is 25.2 Å². The van der Waals surface area contributed by atoms with Gasteiger partial charge < -0.3 is 9.73 Å². The van der Waals surface area contributed by atoms with Crippen LogP contribution in [0, 0.1) is 0 Å². The molecule has 84 valence electrons. The van der Waals surface area contributed by atoms with Crippen molar-refractivity contribution in [3.05, 3.63) is 46.0 Å². The Kier molecular flexibility index (Phi) is 2.80. The predicted octanol–water partition coefficient (Wildman–Crippen LogP) is 3.51. The van der Waals surface area contributed by atoms with Gasteiger partial charge in [0.25, 0.3) is 0 Å². The summed E-state index contributed by atoms with van der Waals surface area (Å²) in [5, 5.41) is 7.94. The lowest BCUT2D eigenvalue weighted by Gasteiger charge is -2.22. The molecule has 3 heteroatoms. The third-order valence-electron chi connectivity index (χ3n) is 3.18. The first-order valence-electron chi connectivity index (χ1n) is 5.74. The predicted molar refractivity (Wildman–Crippen MR) is 65.5 cm³/mol. The van der Waals surface area contributed by atoms with E-state index in [1.165, 1.54) is 29.7 Å². The summed E-state index contributed by atoms with van der Waals surface area (Å²) in [6.45, 7) is 0.957. The minimum absolute atomic E-state index is 0.474. The highest BCUT2D eigenvalue weighted by Gasteiger charge is 2.21. The Labute approximate surface area is 99.3 Å². The molecule has 1 unspecified atom stereocenters. The number of hydrogen-bond acceptors (Lipinski definition) is 3. The fourth-order valence-electron chi connectivity index (χ4n) is 2.33. The van der Waals surface area contributed by atoms with Gasteiger partial charge in [-0.1, -0.05) is 0 Å². The van der Waals surface area contributed by atoms with Gasteiger partial charge in [0, 0.05) is 24.6 Å². The molecule has 0 saturated heterocycles. The van der Waals surface area contributed by atoms with Crippen molar-refractivity contribution in [1.29, 1.82) is 0 Å². The minimum Gasteiger partial charge on any atom is -0.469 e. The molecule has 0 radical (unpaired) electrons. The third-order valence-corrected chi connectivity index (χ3v) is 3.92. The van der Waals surface area contributed by atoms with Crippen molar-refractivity contribution < 1.29 is 4.42 Å². The number of hydrogen-bond donors (Lipinski definition) is 1. The lowest BCUT2D eigenvalue weighted by molar-refractivity contribution is 0.411. The molecule has 1 aliphatic rings. The standard InChI is InChI=1S/C13H15NOS/c1-2-12(11-4-6-15-13(11)3-1)14-8-10-5-7-16-9-10/h4-7,9,12,14H,1-3,8H2. The van der Waals surface area contributed by atoms with E-state index in [1.807, 2.05) is 6.26 Å². The monoisotopic (exact) mass is 233 g/mol. The van der Waals surface area contributed by atoms with Crippen molar-refractivity contribution in [1.82, 2.24) is 5.32 Å². The summed E-state index contributed by atoms with van der Waals surface area (Å²) in [7, 11) is 0. The maximum atomic E-state index is 5.49. The van der Waals surface area contributed by atoms with Crippen LogP contribution in [0.5, 0.6) is 0 Å². The van der Waals surface area contributed by atoms with Crippen LogP contribution in [0.25, 0.3) is 0 Å². The Morgan fingerprint density at radius 3 is 3.31 bits per heavy atom. The van der Waals surface area contributed by atoms with Gasteiger partial charge in [-0.15, -0.1) is 0 Å². The van der Waals surface area contributed by atoms with Gasteiger partial charge in [-0.25, -0.2) is 0 Å². The summed E-state index contributed by atoms with van der Waals surface area (Å²) in [5.41, 5.74) is 2.74. The number of furan rings is 1. The minimum atomic E-state index is 0.474. The van der Waals surface area contributed by atoms with Crippen molar-refractivity contribution in [3.63, 3.8) is 0 Å².